The van der Waals surface area contributed by atoms with Crippen molar-refractivity contribution in [1.82, 2.24) is 9.80 Å². The van der Waals surface area contributed by atoms with Crippen molar-refractivity contribution in [1.29, 1.82) is 0 Å². The summed E-state index contributed by atoms with van der Waals surface area (Å²) in [5, 5.41) is 1.32. The average molecular weight is 361 g/mol. The molecule has 140 valence electrons. The Morgan fingerprint density at radius 2 is 1.63 bits per heavy atom. The lowest BCUT2D eigenvalue weighted by molar-refractivity contribution is 0.128. The van der Waals surface area contributed by atoms with E-state index >= 15 is 0 Å². The minimum atomic E-state index is 0.822. The number of furan rings is 1. The molecule has 0 spiro atoms. The molecule has 5 rings (SSSR count). The van der Waals surface area contributed by atoms with Crippen LogP contribution in [0.2, 0.25) is 0 Å². The minimum absolute atomic E-state index is 0.822. The van der Waals surface area contributed by atoms with Crippen molar-refractivity contribution in [3.63, 3.8) is 0 Å². The zero-order valence-electron chi connectivity index (χ0n) is 15.9. The highest BCUT2D eigenvalue weighted by Crippen LogP contribution is 2.31. The van der Waals surface area contributed by atoms with Gasteiger partial charge in [-0.3, -0.25) is 9.80 Å². The van der Waals surface area contributed by atoms with E-state index in [1.165, 1.54) is 61.3 Å². The molecule has 3 heteroatoms. The molecule has 0 amide bonds. The van der Waals surface area contributed by atoms with Crippen LogP contribution < -0.4 is 0 Å². The van der Waals surface area contributed by atoms with Gasteiger partial charge in [-0.25, -0.2) is 0 Å². The first kappa shape index (κ1) is 17.0. The lowest BCUT2D eigenvalue weighted by atomic mass is 9.94. The highest BCUT2D eigenvalue weighted by Gasteiger charge is 2.26. The molecular formula is C24H28N2O. The Morgan fingerprint density at radius 1 is 0.852 bits per heavy atom. The first-order valence-electron chi connectivity index (χ1n) is 10.3. The van der Waals surface area contributed by atoms with E-state index in [1.807, 2.05) is 0 Å². The van der Waals surface area contributed by atoms with Gasteiger partial charge >= 0.3 is 0 Å². The van der Waals surface area contributed by atoms with Crippen LogP contribution in [0.3, 0.4) is 0 Å². The van der Waals surface area contributed by atoms with Crippen LogP contribution in [0, 0.1) is 5.92 Å². The van der Waals surface area contributed by atoms with Crippen LogP contribution in [-0.2, 0) is 19.5 Å². The van der Waals surface area contributed by atoms with E-state index in [-0.39, 0.29) is 0 Å². The average Bonchev–Trinajstić information content (AvgIpc) is 3.08. The molecule has 0 atom stereocenters. The minimum Gasteiger partial charge on any atom is -0.459 e. The number of benzene rings is 2. The Bertz CT molecular complexity index is 893. The van der Waals surface area contributed by atoms with Crippen LogP contribution >= 0.6 is 0 Å². The maximum absolute atomic E-state index is 6.14. The second-order valence-corrected chi connectivity index (χ2v) is 8.19. The number of para-hydroxylation sites is 1. The van der Waals surface area contributed by atoms with Crippen LogP contribution in [0.5, 0.6) is 0 Å². The Labute approximate surface area is 161 Å². The molecule has 2 aliphatic rings. The van der Waals surface area contributed by atoms with Gasteiger partial charge in [0.05, 0.1) is 6.54 Å². The molecule has 0 aliphatic carbocycles. The normalized spacial score (nSPS) is 19.4. The molecule has 3 heterocycles. The predicted molar refractivity (Wildman–Crippen MR) is 110 cm³/mol. The summed E-state index contributed by atoms with van der Waals surface area (Å²) in [4.78, 5) is 5.22. The van der Waals surface area contributed by atoms with Gasteiger partial charge in [-0.2, -0.15) is 0 Å². The van der Waals surface area contributed by atoms with Crippen molar-refractivity contribution >= 4 is 11.0 Å². The molecule has 0 bridgehead atoms. The van der Waals surface area contributed by atoms with Crippen molar-refractivity contribution in [2.45, 2.75) is 32.4 Å². The van der Waals surface area contributed by atoms with E-state index in [9.17, 15) is 0 Å². The number of hydrogen-bond acceptors (Lipinski definition) is 3. The number of piperidine rings is 1. The van der Waals surface area contributed by atoms with Gasteiger partial charge in [0, 0.05) is 30.6 Å². The van der Waals surface area contributed by atoms with Crippen molar-refractivity contribution in [3.05, 3.63) is 71.5 Å². The number of hydrogen-bond donors (Lipinski definition) is 0. The first-order valence-corrected chi connectivity index (χ1v) is 10.3. The molecule has 3 aromatic rings. The fraction of sp³-hybridized carbons (Fsp3) is 0.417. The Morgan fingerprint density at radius 3 is 2.48 bits per heavy atom. The van der Waals surface area contributed by atoms with Crippen LogP contribution in [-0.4, -0.2) is 36.0 Å². The third kappa shape index (κ3) is 3.67. The summed E-state index contributed by atoms with van der Waals surface area (Å²) in [5.41, 5.74) is 3.93. The quantitative estimate of drug-likeness (QED) is 0.672. The molecule has 1 saturated heterocycles. The number of likely N-dealkylation sites (tertiary alicyclic amines) is 1. The van der Waals surface area contributed by atoms with Crippen LogP contribution in [0.15, 0.2) is 59.0 Å². The van der Waals surface area contributed by atoms with Crippen molar-refractivity contribution < 1.29 is 4.42 Å². The fourth-order valence-electron chi connectivity index (χ4n) is 4.79. The van der Waals surface area contributed by atoms with Gasteiger partial charge in [0.2, 0.25) is 0 Å². The van der Waals surface area contributed by atoms with Gasteiger partial charge in [0.15, 0.2) is 0 Å². The molecule has 0 unspecified atom stereocenters. The molecular weight excluding hydrogens is 332 g/mol. The van der Waals surface area contributed by atoms with Gasteiger partial charge in [-0.1, -0.05) is 48.5 Å². The van der Waals surface area contributed by atoms with Gasteiger partial charge in [0.1, 0.15) is 11.3 Å². The standard InChI is InChI=1S/C24H28N2O/c1-2-6-19(7-3-1)16-25-13-10-20(11-14-25)17-26-15-12-22-21-8-4-5-9-23(21)27-24(22)18-26/h1-9,20H,10-18H2. The van der Waals surface area contributed by atoms with Gasteiger partial charge in [0.25, 0.3) is 0 Å². The van der Waals surface area contributed by atoms with Crippen LogP contribution in [0.25, 0.3) is 11.0 Å². The Hall–Kier alpha value is -2.10. The Balaban J connectivity index is 1.16. The summed E-state index contributed by atoms with van der Waals surface area (Å²) in [6.07, 6.45) is 3.76. The summed E-state index contributed by atoms with van der Waals surface area (Å²) in [7, 11) is 0. The predicted octanol–water partition coefficient (Wildman–Crippen LogP) is 4.70. The van der Waals surface area contributed by atoms with E-state index in [1.54, 1.807) is 0 Å². The maximum Gasteiger partial charge on any atom is 0.134 e. The van der Waals surface area contributed by atoms with Crippen molar-refractivity contribution in [2.24, 2.45) is 5.92 Å². The van der Waals surface area contributed by atoms with E-state index in [4.69, 9.17) is 4.42 Å². The second kappa shape index (κ2) is 7.49. The molecule has 3 nitrogen and oxygen atoms in total. The lowest BCUT2D eigenvalue weighted by Crippen LogP contribution is -2.40. The fourth-order valence-corrected chi connectivity index (χ4v) is 4.79. The third-order valence-corrected chi connectivity index (χ3v) is 6.30. The van der Waals surface area contributed by atoms with Gasteiger partial charge in [-0.15, -0.1) is 0 Å². The first-order chi connectivity index (χ1) is 13.3. The molecule has 0 N–H and O–H groups in total. The molecule has 0 radical (unpaired) electrons. The monoisotopic (exact) mass is 360 g/mol. The maximum atomic E-state index is 6.14. The van der Waals surface area contributed by atoms with E-state index in [0.29, 0.717) is 0 Å². The summed E-state index contributed by atoms with van der Waals surface area (Å²) in [6, 6.07) is 19.4. The molecule has 1 fully saturated rings. The summed E-state index contributed by atoms with van der Waals surface area (Å²) in [5.74, 6) is 2.02. The number of fused-ring (bicyclic) bond motifs is 3. The Kier molecular flexibility index (Phi) is 4.73. The molecule has 1 aromatic heterocycles. The second-order valence-electron chi connectivity index (χ2n) is 8.19. The highest BCUT2D eigenvalue weighted by molar-refractivity contribution is 5.82. The smallest absolute Gasteiger partial charge is 0.134 e. The number of nitrogens with zero attached hydrogens (tertiary/aromatic N) is 2. The topological polar surface area (TPSA) is 19.6 Å². The zero-order valence-corrected chi connectivity index (χ0v) is 15.9. The summed E-state index contributed by atoms with van der Waals surface area (Å²) < 4.78 is 6.14. The summed E-state index contributed by atoms with van der Waals surface area (Å²) >= 11 is 0. The van der Waals surface area contributed by atoms with Gasteiger partial charge < -0.3 is 4.42 Å². The zero-order chi connectivity index (χ0) is 18.1. The molecule has 0 saturated carbocycles. The van der Waals surface area contributed by atoms with Gasteiger partial charge in [-0.05, 0) is 49.9 Å². The van der Waals surface area contributed by atoms with Crippen molar-refractivity contribution in [3.8, 4) is 0 Å². The van der Waals surface area contributed by atoms with E-state index in [2.05, 4.69) is 64.4 Å². The van der Waals surface area contributed by atoms with Crippen LogP contribution in [0.1, 0.15) is 29.7 Å². The van der Waals surface area contributed by atoms with Crippen molar-refractivity contribution in [2.75, 3.05) is 26.2 Å². The van der Waals surface area contributed by atoms with E-state index < -0.39 is 0 Å². The van der Waals surface area contributed by atoms with Crippen LogP contribution in [0.4, 0.5) is 0 Å². The largest absolute Gasteiger partial charge is 0.459 e. The molecule has 2 aliphatic heterocycles. The molecule has 2 aromatic carbocycles. The highest BCUT2D eigenvalue weighted by atomic mass is 16.3. The SMILES string of the molecule is c1ccc(CN2CCC(CN3CCc4c(oc5ccccc45)C3)CC2)cc1. The van der Waals surface area contributed by atoms with E-state index in [0.717, 1.165) is 31.0 Å². The summed E-state index contributed by atoms with van der Waals surface area (Å²) in [6.45, 7) is 6.91. The third-order valence-electron chi connectivity index (χ3n) is 6.30. The molecule has 27 heavy (non-hydrogen) atoms. The lowest BCUT2D eigenvalue weighted by Gasteiger charge is -2.35. The number of rotatable bonds is 4.